The number of hydrogen-bond acceptors (Lipinski definition) is 1. The Labute approximate surface area is 89.6 Å². The molecule has 0 aromatic rings. The van der Waals surface area contributed by atoms with Crippen LogP contribution >= 0.6 is 0 Å². The summed E-state index contributed by atoms with van der Waals surface area (Å²) in [5.41, 5.74) is 0. The first-order valence-electron chi connectivity index (χ1n) is 4.66. The van der Waals surface area contributed by atoms with Crippen molar-refractivity contribution < 1.29 is 26.9 Å². The minimum atomic E-state index is -3.67. The average molecular weight is 233 g/mol. The molecule has 0 atom stereocenters. The van der Waals surface area contributed by atoms with Gasteiger partial charge in [-0.3, -0.25) is 12.9 Å². The SMILES string of the molecule is CC[N+](C)(CC)CCOC.FB(F)F.[F-]. The van der Waals surface area contributed by atoms with E-state index in [4.69, 9.17) is 4.74 Å². The van der Waals surface area contributed by atoms with Crippen LogP contribution in [0.15, 0.2) is 0 Å². The monoisotopic (exact) mass is 233 g/mol. The van der Waals surface area contributed by atoms with Gasteiger partial charge in [-0.25, -0.2) is 0 Å². The van der Waals surface area contributed by atoms with Crippen molar-refractivity contribution in [3.8, 4) is 0 Å². The highest BCUT2D eigenvalue weighted by Gasteiger charge is 2.14. The molecule has 0 N–H and O–H groups in total. The van der Waals surface area contributed by atoms with Crippen LogP contribution in [0.2, 0.25) is 0 Å². The van der Waals surface area contributed by atoms with Gasteiger partial charge in [0.05, 0.1) is 26.7 Å². The van der Waals surface area contributed by atoms with Crippen LogP contribution in [0, 0.1) is 0 Å². The second-order valence-electron chi connectivity index (χ2n) is 3.22. The van der Waals surface area contributed by atoms with Crippen LogP contribution in [0.3, 0.4) is 0 Å². The van der Waals surface area contributed by atoms with Gasteiger partial charge in [-0.15, -0.1) is 0 Å². The highest BCUT2D eigenvalue weighted by atomic mass is 19.4. The van der Waals surface area contributed by atoms with Gasteiger partial charge in [0.1, 0.15) is 6.54 Å². The summed E-state index contributed by atoms with van der Waals surface area (Å²) in [4.78, 5) is 0. The second kappa shape index (κ2) is 11.8. The van der Waals surface area contributed by atoms with Gasteiger partial charge in [-0.05, 0) is 13.8 Å². The molecule has 0 aromatic carbocycles. The zero-order valence-corrected chi connectivity index (χ0v) is 9.77. The quantitative estimate of drug-likeness (QED) is 0.336. The number of methoxy groups -OCH3 is 1. The molecular weight excluding hydrogens is 213 g/mol. The van der Waals surface area contributed by atoms with Crippen molar-refractivity contribution in [1.82, 2.24) is 0 Å². The van der Waals surface area contributed by atoms with E-state index < -0.39 is 7.54 Å². The Hall–Kier alpha value is -0.295. The van der Waals surface area contributed by atoms with E-state index in [2.05, 4.69) is 20.9 Å². The lowest BCUT2D eigenvalue weighted by molar-refractivity contribution is -0.906. The Morgan fingerprint density at radius 3 is 1.67 bits per heavy atom. The molecule has 2 nitrogen and oxygen atoms in total. The minimum Gasteiger partial charge on any atom is -1.00 e. The molecule has 0 radical (unpaired) electrons. The fraction of sp³-hybridized carbons (Fsp3) is 1.00. The van der Waals surface area contributed by atoms with Crippen LogP contribution < -0.4 is 4.70 Å². The zero-order chi connectivity index (χ0) is 11.6. The lowest BCUT2D eigenvalue weighted by Crippen LogP contribution is -3.00. The zero-order valence-electron chi connectivity index (χ0n) is 9.77. The molecular formula is C8H20BF4NO. The molecule has 7 heteroatoms. The van der Waals surface area contributed by atoms with Crippen molar-refractivity contribution in [3.63, 3.8) is 0 Å². The standard InChI is InChI=1S/C8H20NO.BF3.FH/c1-5-9(3,6-2)7-8-10-4;2-1(3)4;/h5-8H2,1-4H3;;1H/q+1;;/p-1. The van der Waals surface area contributed by atoms with E-state index in [9.17, 15) is 12.9 Å². The highest BCUT2D eigenvalue weighted by Crippen LogP contribution is 1.99. The number of rotatable bonds is 5. The number of ether oxygens (including phenoxy) is 1. The summed E-state index contributed by atoms with van der Waals surface area (Å²) >= 11 is 0. The molecule has 0 aromatic heterocycles. The van der Waals surface area contributed by atoms with Crippen LogP contribution in [0.5, 0.6) is 0 Å². The Kier molecular flexibility index (Phi) is 15.8. The van der Waals surface area contributed by atoms with E-state index in [1.54, 1.807) is 7.11 Å². The fourth-order valence-corrected chi connectivity index (χ4v) is 0.852. The molecule has 15 heavy (non-hydrogen) atoms. The van der Waals surface area contributed by atoms with Crippen LogP contribution in [0.4, 0.5) is 12.9 Å². The van der Waals surface area contributed by atoms with Gasteiger partial charge in [-0.2, -0.15) is 0 Å². The first-order valence-corrected chi connectivity index (χ1v) is 4.66. The van der Waals surface area contributed by atoms with Crippen molar-refractivity contribution in [3.05, 3.63) is 0 Å². The first-order chi connectivity index (χ1) is 6.41. The number of nitrogens with zero attached hydrogens (tertiary/aromatic N) is 1. The smallest absolute Gasteiger partial charge is 0.762 e. The lowest BCUT2D eigenvalue weighted by Gasteiger charge is -2.31. The third-order valence-electron chi connectivity index (χ3n) is 2.36. The molecule has 0 unspecified atom stereocenters. The van der Waals surface area contributed by atoms with Gasteiger partial charge >= 0.3 is 7.54 Å². The Morgan fingerprint density at radius 1 is 1.13 bits per heavy atom. The van der Waals surface area contributed by atoms with Crippen molar-refractivity contribution in [1.29, 1.82) is 0 Å². The molecule has 0 heterocycles. The summed E-state index contributed by atoms with van der Waals surface area (Å²) < 4.78 is 35.1. The van der Waals surface area contributed by atoms with E-state index in [1.807, 2.05) is 0 Å². The van der Waals surface area contributed by atoms with Crippen molar-refractivity contribution >= 4 is 7.54 Å². The van der Waals surface area contributed by atoms with Gasteiger partial charge in [0.15, 0.2) is 0 Å². The van der Waals surface area contributed by atoms with Crippen molar-refractivity contribution in [2.75, 3.05) is 40.4 Å². The molecule has 0 fully saturated rings. The number of likely N-dealkylation sites (N-methyl/N-ethyl adjacent to an activating group) is 1. The summed E-state index contributed by atoms with van der Waals surface area (Å²) in [7, 11) is 0.356. The summed E-state index contributed by atoms with van der Waals surface area (Å²) in [5.74, 6) is 0. The third-order valence-corrected chi connectivity index (χ3v) is 2.36. The topological polar surface area (TPSA) is 9.23 Å². The van der Waals surface area contributed by atoms with Gasteiger partial charge in [0, 0.05) is 7.11 Å². The van der Waals surface area contributed by atoms with Crippen LogP contribution in [0.1, 0.15) is 13.8 Å². The minimum absolute atomic E-state index is 0. The van der Waals surface area contributed by atoms with Crippen LogP contribution in [-0.4, -0.2) is 52.4 Å². The Bertz CT molecular complexity index is 122. The number of quaternary nitrogens is 1. The average Bonchev–Trinajstić information content (AvgIpc) is 2.13. The number of halogens is 4. The predicted octanol–water partition coefficient (Wildman–Crippen LogP) is -0.997. The van der Waals surface area contributed by atoms with E-state index in [0.29, 0.717) is 0 Å². The van der Waals surface area contributed by atoms with Crippen LogP contribution in [0.25, 0.3) is 0 Å². The molecule has 0 aliphatic carbocycles. The Morgan fingerprint density at radius 2 is 1.47 bits per heavy atom. The maximum atomic E-state index is 9.67. The highest BCUT2D eigenvalue weighted by molar-refractivity contribution is 6.33. The van der Waals surface area contributed by atoms with Gasteiger partial charge < -0.3 is 13.9 Å². The molecule has 0 saturated heterocycles. The van der Waals surface area contributed by atoms with Crippen molar-refractivity contribution in [2.45, 2.75) is 13.8 Å². The van der Waals surface area contributed by atoms with Crippen LogP contribution in [-0.2, 0) is 4.74 Å². The van der Waals surface area contributed by atoms with E-state index >= 15 is 0 Å². The van der Waals surface area contributed by atoms with E-state index in [0.717, 1.165) is 17.6 Å². The molecule has 0 rings (SSSR count). The molecule has 0 aliphatic rings. The molecule has 0 spiro atoms. The fourth-order valence-electron chi connectivity index (χ4n) is 0.852. The first kappa shape index (κ1) is 20.2. The predicted molar refractivity (Wildman–Crippen MR) is 53.1 cm³/mol. The Balaban J connectivity index is -0.000000249. The third kappa shape index (κ3) is 16.4. The summed E-state index contributed by atoms with van der Waals surface area (Å²) in [6, 6.07) is 0. The molecule has 94 valence electrons. The van der Waals surface area contributed by atoms with Gasteiger partial charge in [0.25, 0.3) is 0 Å². The molecule has 0 bridgehead atoms. The second-order valence-corrected chi connectivity index (χ2v) is 3.22. The maximum Gasteiger partial charge on any atom is 0.762 e. The van der Waals surface area contributed by atoms with E-state index in [1.165, 1.54) is 13.1 Å². The van der Waals surface area contributed by atoms with E-state index in [-0.39, 0.29) is 4.70 Å². The number of hydrogen-bond donors (Lipinski definition) is 0. The summed E-state index contributed by atoms with van der Waals surface area (Å²) in [5, 5.41) is 0. The van der Waals surface area contributed by atoms with Gasteiger partial charge in [-0.1, -0.05) is 0 Å². The normalized spacial score (nSPS) is 9.80. The maximum absolute atomic E-state index is 9.67. The lowest BCUT2D eigenvalue weighted by atomic mass is 10.4. The molecule has 0 saturated carbocycles. The summed E-state index contributed by atoms with van der Waals surface area (Å²) in [6.07, 6.45) is 0. The molecule has 0 aliphatic heterocycles. The summed E-state index contributed by atoms with van der Waals surface area (Å²) in [6.45, 7) is 8.83. The van der Waals surface area contributed by atoms with Gasteiger partial charge in [0.2, 0.25) is 0 Å². The molecule has 0 amide bonds. The van der Waals surface area contributed by atoms with Crippen molar-refractivity contribution in [2.24, 2.45) is 0 Å². The largest absolute Gasteiger partial charge is 1.00 e.